The molecule has 0 amide bonds. The molecule has 1 aromatic carbocycles. The Morgan fingerprint density at radius 1 is 1.14 bits per heavy atom. The van der Waals surface area contributed by atoms with Crippen LogP contribution in [0.3, 0.4) is 0 Å². The number of hydrogen-bond acceptors (Lipinski definition) is 2. The van der Waals surface area contributed by atoms with E-state index in [9.17, 15) is 5.11 Å². The highest BCUT2D eigenvalue weighted by Crippen LogP contribution is 2.43. The smallest absolute Gasteiger partial charge is 0.0939 e. The molecule has 1 fully saturated rings. The molecule has 1 aromatic rings. The maximum absolute atomic E-state index is 11.7. The Morgan fingerprint density at radius 3 is 2.32 bits per heavy atom. The van der Waals surface area contributed by atoms with Crippen molar-refractivity contribution in [2.75, 3.05) is 14.1 Å². The van der Waals surface area contributed by atoms with Crippen LogP contribution in [0.1, 0.15) is 63.9 Å². The second-order valence-corrected chi connectivity index (χ2v) is 7.24. The monoisotopic (exact) mass is 303 g/mol. The fraction of sp³-hybridized carbons (Fsp3) is 0.700. The first-order valence-electron chi connectivity index (χ1n) is 9.02. The van der Waals surface area contributed by atoms with Crippen molar-refractivity contribution in [3.05, 3.63) is 35.9 Å². The molecule has 2 unspecified atom stereocenters. The summed E-state index contributed by atoms with van der Waals surface area (Å²) in [5, 5.41) is 11.7. The van der Waals surface area contributed by atoms with Crippen LogP contribution in [0.15, 0.2) is 30.3 Å². The average Bonchev–Trinajstić information content (AvgIpc) is 2.56. The second-order valence-electron chi connectivity index (χ2n) is 7.24. The standard InChI is InChI=1S/C20H33NO/c1-4-11-19(21(2)3)16-20(22,17-12-7-5-8-13-17)18-14-9-6-10-15-18/h5,7-8,12-13,18-19,22H,4,6,9-11,14-16H2,1-3H3. The zero-order chi connectivity index (χ0) is 16.0. The van der Waals surface area contributed by atoms with Gasteiger partial charge >= 0.3 is 0 Å². The summed E-state index contributed by atoms with van der Waals surface area (Å²) in [7, 11) is 4.29. The lowest BCUT2D eigenvalue weighted by molar-refractivity contribution is -0.0622. The molecule has 0 spiro atoms. The summed E-state index contributed by atoms with van der Waals surface area (Å²) in [5.41, 5.74) is 0.441. The highest BCUT2D eigenvalue weighted by atomic mass is 16.3. The van der Waals surface area contributed by atoms with Crippen molar-refractivity contribution in [2.45, 2.75) is 69.9 Å². The van der Waals surface area contributed by atoms with E-state index in [-0.39, 0.29) is 0 Å². The summed E-state index contributed by atoms with van der Waals surface area (Å²) in [6.07, 6.45) is 9.35. The van der Waals surface area contributed by atoms with Gasteiger partial charge in [0.2, 0.25) is 0 Å². The van der Waals surface area contributed by atoms with Gasteiger partial charge in [0.05, 0.1) is 5.60 Å². The molecule has 1 N–H and O–H groups in total. The first-order valence-corrected chi connectivity index (χ1v) is 9.02. The van der Waals surface area contributed by atoms with Gasteiger partial charge in [0.25, 0.3) is 0 Å². The molecule has 2 heteroatoms. The molecule has 1 aliphatic carbocycles. The van der Waals surface area contributed by atoms with E-state index in [1.165, 1.54) is 25.7 Å². The predicted molar refractivity (Wildman–Crippen MR) is 93.9 cm³/mol. The van der Waals surface area contributed by atoms with Crippen LogP contribution in [-0.4, -0.2) is 30.1 Å². The Labute approximate surface area is 136 Å². The molecule has 22 heavy (non-hydrogen) atoms. The Bertz CT molecular complexity index is 425. The Balaban J connectivity index is 2.28. The van der Waals surface area contributed by atoms with Gasteiger partial charge in [0.15, 0.2) is 0 Å². The van der Waals surface area contributed by atoms with Crippen molar-refractivity contribution in [1.29, 1.82) is 0 Å². The van der Waals surface area contributed by atoms with E-state index in [2.05, 4.69) is 50.2 Å². The molecule has 2 rings (SSSR count). The summed E-state index contributed by atoms with van der Waals surface area (Å²) in [6.45, 7) is 2.23. The van der Waals surface area contributed by atoms with Gasteiger partial charge in [-0.2, -0.15) is 0 Å². The first kappa shape index (κ1) is 17.5. The lowest BCUT2D eigenvalue weighted by Crippen LogP contribution is -2.43. The van der Waals surface area contributed by atoms with Gasteiger partial charge in [-0.3, -0.25) is 0 Å². The van der Waals surface area contributed by atoms with Crippen LogP contribution < -0.4 is 0 Å². The fourth-order valence-electron chi connectivity index (χ4n) is 4.06. The molecule has 2 nitrogen and oxygen atoms in total. The maximum atomic E-state index is 11.7. The molecule has 0 heterocycles. The predicted octanol–water partition coefficient (Wildman–Crippen LogP) is 4.57. The highest BCUT2D eigenvalue weighted by Gasteiger charge is 2.40. The Hall–Kier alpha value is -0.860. The molecule has 1 aliphatic rings. The van der Waals surface area contributed by atoms with Gasteiger partial charge in [-0.25, -0.2) is 0 Å². The van der Waals surface area contributed by atoms with Crippen LogP contribution >= 0.6 is 0 Å². The van der Waals surface area contributed by atoms with Crippen molar-refractivity contribution in [3.63, 3.8) is 0 Å². The van der Waals surface area contributed by atoms with Crippen molar-refractivity contribution < 1.29 is 5.11 Å². The SMILES string of the molecule is CCCC(CC(O)(c1ccccc1)C1CCCCC1)N(C)C. The van der Waals surface area contributed by atoms with E-state index in [4.69, 9.17) is 0 Å². The average molecular weight is 303 g/mol. The minimum absolute atomic E-state index is 0.406. The maximum Gasteiger partial charge on any atom is 0.0939 e. The first-order chi connectivity index (χ1) is 10.6. The minimum atomic E-state index is -0.675. The summed E-state index contributed by atoms with van der Waals surface area (Å²) in [6, 6.07) is 10.8. The van der Waals surface area contributed by atoms with Gasteiger partial charge in [-0.1, -0.05) is 62.9 Å². The molecule has 0 aliphatic heterocycles. The van der Waals surface area contributed by atoms with E-state index >= 15 is 0 Å². The Morgan fingerprint density at radius 2 is 1.77 bits per heavy atom. The number of nitrogens with zero attached hydrogens (tertiary/aromatic N) is 1. The quantitative estimate of drug-likeness (QED) is 0.797. The van der Waals surface area contributed by atoms with Crippen LogP contribution in [0.2, 0.25) is 0 Å². The molecule has 2 atom stereocenters. The summed E-state index contributed by atoms with van der Waals surface area (Å²) < 4.78 is 0. The van der Waals surface area contributed by atoms with E-state index in [0.717, 1.165) is 31.2 Å². The molecular weight excluding hydrogens is 270 g/mol. The van der Waals surface area contributed by atoms with Gasteiger partial charge in [0, 0.05) is 6.04 Å². The van der Waals surface area contributed by atoms with E-state index in [1.807, 2.05) is 6.07 Å². The van der Waals surface area contributed by atoms with Crippen LogP contribution in [-0.2, 0) is 5.60 Å². The minimum Gasteiger partial charge on any atom is -0.385 e. The lowest BCUT2D eigenvalue weighted by Gasteiger charge is -2.42. The van der Waals surface area contributed by atoms with Gasteiger partial charge in [0.1, 0.15) is 0 Å². The topological polar surface area (TPSA) is 23.5 Å². The van der Waals surface area contributed by atoms with Crippen LogP contribution in [0.25, 0.3) is 0 Å². The van der Waals surface area contributed by atoms with Crippen molar-refractivity contribution in [1.82, 2.24) is 4.90 Å². The molecule has 0 bridgehead atoms. The largest absolute Gasteiger partial charge is 0.385 e. The lowest BCUT2D eigenvalue weighted by atomic mass is 9.70. The second kappa shape index (κ2) is 8.12. The molecule has 0 saturated heterocycles. The van der Waals surface area contributed by atoms with E-state index in [1.54, 1.807) is 0 Å². The third kappa shape index (κ3) is 4.11. The van der Waals surface area contributed by atoms with Crippen LogP contribution in [0.4, 0.5) is 0 Å². The summed E-state index contributed by atoms with van der Waals surface area (Å²) in [5.74, 6) is 0.406. The number of benzene rings is 1. The van der Waals surface area contributed by atoms with E-state index < -0.39 is 5.60 Å². The van der Waals surface area contributed by atoms with Crippen molar-refractivity contribution >= 4 is 0 Å². The zero-order valence-corrected chi connectivity index (χ0v) is 14.6. The third-order valence-electron chi connectivity index (χ3n) is 5.45. The highest BCUT2D eigenvalue weighted by molar-refractivity contribution is 5.24. The molecule has 0 aromatic heterocycles. The van der Waals surface area contributed by atoms with Crippen LogP contribution in [0, 0.1) is 5.92 Å². The van der Waals surface area contributed by atoms with Crippen molar-refractivity contribution in [2.24, 2.45) is 5.92 Å². The molecular formula is C20H33NO. The molecule has 0 radical (unpaired) electrons. The number of hydrogen-bond donors (Lipinski definition) is 1. The number of rotatable bonds is 7. The Kier molecular flexibility index (Phi) is 6.46. The van der Waals surface area contributed by atoms with Gasteiger partial charge in [-0.15, -0.1) is 0 Å². The zero-order valence-electron chi connectivity index (χ0n) is 14.6. The molecule has 1 saturated carbocycles. The van der Waals surface area contributed by atoms with Crippen LogP contribution in [0.5, 0.6) is 0 Å². The molecule has 124 valence electrons. The summed E-state index contributed by atoms with van der Waals surface area (Å²) in [4.78, 5) is 2.29. The van der Waals surface area contributed by atoms with Gasteiger partial charge in [-0.05, 0) is 51.3 Å². The third-order valence-corrected chi connectivity index (χ3v) is 5.45. The fourth-order valence-corrected chi connectivity index (χ4v) is 4.06. The summed E-state index contributed by atoms with van der Waals surface area (Å²) >= 11 is 0. The normalized spacial score (nSPS) is 20.8. The van der Waals surface area contributed by atoms with Gasteiger partial charge < -0.3 is 10.0 Å². The number of aliphatic hydroxyl groups is 1. The van der Waals surface area contributed by atoms with E-state index in [0.29, 0.717) is 12.0 Å². The van der Waals surface area contributed by atoms with Crippen molar-refractivity contribution in [3.8, 4) is 0 Å².